The minimum absolute atomic E-state index is 0.0623. The Balaban J connectivity index is 1.96. The minimum Gasteiger partial charge on any atom is -0.476 e. The molecule has 0 radical (unpaired) electrons. The molecule has 110 valence electrons. The number of carboxylic acid groups (broad SMARTS) is 1. The number of rotatable bonds is 3. The van der Waals surface area contributed by atoms with E-state index in [9.17, 15) is 4.79 Å². The zero-order valence-corrected chi connectivity index (χ0v) is 13.3. The number of hydrogen-bond acceptors (Lipinski definition) is 3. The highest BCUT2D eigenvalue weighted by molar-refractivity contribution is 9.10. The molecule has 21 heavy (non-hydrogen) atoms. The average molecular weight is 350 g/mol. The number of aromatic nitrogens is 2. The van der Waals surface area contributed by atoms with Crippen LogP contribution >= 0.6 is 15.9 Å². The average Bonchev–Trinajstić information content (AvgIpc) is 3.07. The van der Waals surface area contributed by atoms with E-state index in [2.05, 4.69) is 32.0 Å². The summed E-state index contributed by atoms with van der Waals surface area (Å²) in [5.41, 5.74) is 3.00. The Kier molecular flexibility index (Phi) is 3.71. The summed E-state index contributed by atoms with van der Waals surface area (Å²) in [6.45, 7) is 2.18. The van der Waals surface area contributed by atoms with Crippen LogP contribution in [0.3, 0.4) is 0 Å². The Hall–Kier alpha value is -1.82. The van der Waals surface area contributed by atoms with E-state index in [-0.39, 0.29) is 5.69 Å². The van der Waals surface area contributed by atoms with Gasteiger partial charge in [0.05, 0.1) is 11.4 Å². The first kappa shape index (κ1) is 14.1. The van der Waals surface area contributed by atoms with Crippen molar-refractivity contribution in [1.29, 1.82) is 0 Å². The van der Waals surface area contributed by atoms with Crippen molar-refractivity contribution in [3.8, 4) is 11.3 Å². The van der Waals surface area contributed by atoms with Gasteiger partial charge in [0.1, 0.15) is 0 Å². The van der Waals surface area contributed by atoms with Crippen molar-refractivity contribution < 1.29 is 9.90 Å². The Morgan fingerprint density at radius 1 is 1.29 bits per heavy atom. The van der Waals surface area contributed by atoms with Crippen molar-refractivity contribution in [1.82, 2.24) is 9.78 Å². The molecule has 0 saturated carbocycles. The fourth-order valence-corrected chi connectivity index (χ4v) is 3.35. The highest BCUT2D eigenvalue weighted by Crippen LogP contribution is 2.33. The lowest BCUT2D eigenvalue weighted by Gasteiger charge is -2.19. The van der Waals surface area contributed by atoms with Crippen LogP contribution in [0.2, 0.25) is 0 Å². The Morgan fingerprint density at radius 2 is 2.00 bits per heavy atom. The largest absolute Gasteiger partial charge is 0.476 e. The smallest absolute Gasteiger partial charge is 0.356 e. The highest BCUT2D eigenvalue weighted by atomic mass is 79.9. The summed E-state index contributed by atoms with van der Waals surface area (Å²) in [6.07, 6.45) is 2.47. The lowest BCUT2D eigenvalue weighted by molar-refractivity contribution is 0.0689. The fourth-order valence-electron chi connectivity index (χ4n) is 2.72. The normalized spacial score (nSPS) is 14.7. The fraction of sp³-hybridized carbons (Fsp3) is 0.333. The molecule has 0 bridgehead atoms. The second kappa shape index (κ2) is 5.52. The molecule has 1 N–H and O–H groups in total. The van der Waals surface area contributed by atoms with Crippen molar-refractivity contribution in [2.75, 3.05) is 18.0 Å². The predicted octanol–water partition coefficient (Wildman–Crippen LogP) is 3.15. The van der Waals surface area contributed by atoms with E-state index in [1.165, 1.54) is 18.5 Å². The number of carboxylic acids is 1. The molecule has 0 atom stereocenters. The zero-order chi connectivity index (χ0) is 15.0. The molecule has 0 amide bonds. The molecule has 2 aromatic rings. The van der Waals surface area contributed by atoms with Crippen LogP contribution < -0.4 is 4.90 Å². The van der Waals surface area contributed by atoms with E-state index in [4.69, 9.17) is 5.11 Å². The molecule has 0 spiro atoms. The third-order valence-electron chi connectivity index (χ3n) is 3.79. The molecule has 5 nitrogen and oxygen atoms in total. The number of anilines is 1. The van der Waals surface area contributed by atoms with E-state index < -0.39 is 5.97 Å². The molecule has 1 aromatic carbocycles. The lowest BCUT2D eigenvalue weighted by atomic mass is 10.1. The summed E-state index contributed by atoms with van der Waals surface area (Å²) < 4.78 is 2.63. The second-order valence-corrected chi connectivity index (χ2v) is 6.06. The van der Waals surface area contributed by atoms with Crippen molar-refractivity contribution in [2.24, 2.45) is 7.05 Å². The van der Waals surface area contributed by atoms with E-state index in [1.807, 2.05) is 12.1 Å². The minimum atomic E-state index is -1.01. The van der Waals surface area contributed by atoms with Crippen LogP contribution in [0.5, 0.6) is 0 Å². The van der Waals surface area contributed by atoms with E-state index >= 15 is 0 Å². The Labute approximate surface area is 131 Å². The summed E-state index contributed by atoms with van der Waals surface area (Å²) in [7, 11) is 1.75. The van der Waals surface area contributed by atoms with Crippen LogP contribution in [-0.4, -0.2) is 33.9 Å². The van der Waals surface area contributed by atoms with Gasteiger partial charge in [0.15, 0.2) is 5.69 Å². The third kappa shape index (κ3) is 2.68. The number of aromatic carboxylic acids is 1. The van der Waals surface area contributed by atoms with Crippen LogP contribution in [0.25, 0.3) is 11.3 Å². The maximum absolute atomic E-state index is 11.0. The molecule has 2 heterocycles. The second-order valence-electron chi connectivity index (χ2n) is 5.20. The SMILES string of the molecule is Cn1nc(C(=O)O)cc1-c1ccc(N2CCCC2)c(Br)c1. The lowest BCUT2D eigenvalue weighted by Crippen LogP contribution is -2.17. The van der Waals surface area contributed by atoms with E-state index in [0.717, 1.165) is 28.8 Å². The van der Waals surface area contributed by atoms with Crippen LogP contribution in [0.1, 0.15) is 23.3 Å². The van der Waals surface area contributed by atoms with Crippen molar-refractivity contribution in [2.45, 2.75) is 12.8 Å². The molecular weight excluding hydrogens is 334 g/mol. The molecule has 6 heteroatoms. The molecule has 0 aliphatic carbocycles. The van der Waals surface area contributed by atoms with Gasteiger partial charge >= 0.3 is 5.97 Å². The summed E-state index contributed by atoms with van der Waals surface area (Å²) in [5.74, 6) is -1.01. The van der Waals surface area contributed by atoms with Gasteiger partial charge in [-0.25, -0.2) is 4.79 Å². The first-order chi connectivity index (χ1) is 10.1. The number of nitrogens with zero attached hydrogens (tertiary/aromatic N) is 3. The quantitative estimate of drug-likeness (QED) is 0.924. The molecule has 1 saturated heterocycles. The number of aryl methyl sites for hydroxylation is 1. The molecule has 1 fully saturated rings. The zero-order valence-electron chi connectivity index (χ0n) is 11.7. The van der Waals surface area contributed by atoms with Crippen molar-refractivity contribution in [3.05, 3.63) is 34.4 Å². The molecular formula is C15H16BrN3O2. The van der Waals surface area contributed by atoms with Crippen LogP contribution in [0.15, 0.2) is 28.7 Å². The first-order valence-corrected chi connectivity index (χ1v) is 7.68. The van der Waals surface area contributed by atoms with Gasteiger partial charge in [-0.3, -0.25) is 4.68 Å². The van der Waals surface area contributed by atoms with Gasteiger partial charge in [0.2, 0.25) is 0 Å². The van der Waals surface area contributed by atoms with Crippen molar-refractivity contribution >= 4 is 27.6 Å². The monoisotopic (exact) mass is 349 g/mol. The number of halogens is 1. The topological polar surface area (TPSA) is 58.4 Å². The summed E-state index contributed by atoms with van der Waals surface area (Å²) in [6, 6.07) is 7.72. The van der Waals surface area contributed by atoms with Crippen LogP contribution in [0, 0.1) is 0 Å². The Morgan fingerprint density at radius 3 is 2.57 bits per heavy atom. The number of benzene rings is 1. The molecule has 1 aromatic heterocycles. The van der Waals surface area contributed by atoms with Crippen LogP contribution in [0.4, 0.5) is 5.69 Å². The van der Waals surface area contributed by atoms with Crippen LogP contribution in [-0.2, 0) is 7.05 Å². The molecule has 0 unspecified atom stereocenters. The molecule has 1 aliphatic rings. The number of carbonyl (C=O) groups is 1. The maximum atomic E-state index is 11.0. The third-order valence-corrected chi connectivity index (χ3v) is 4.42. The number of hydrogen-bond donors (Lipinski definition) is 1. The molecule has 1 aliphatic heterocycles. The van der Waals surface area contributed by atoms with E-state index in [0.29, 0.717) is 0 Å². The highest BCUT2D eigenvalue weighted by Gasteiger charge is 2.17. The van der Waals surface area contributed by atoms with Gasteiger partial charge in [0, 0.05) is 30.2 Å². The summed E-state index contributed by atoms with van der Waals surface area (Å²) in [4.78, 5) is 13.4. The van der Waals surface area contributed by atoms with Gasteiger partial charge in [-0.2, -0.15) is 5.10 Å². The standard InChI is InChI=1S/C15H16BrN3O2/c1-18-14(9-12(17-18)15(20)21)10-4-5-13(11(16)8-10)19-6-2-3-7-19/h4-5,8-9H,2-3,6-7H2,1H3,(H,20,21). The van der Waals surface area contributed by atoms with Crippen molar-refractivity contribution in [3.63, 3.8) is 0 Å². The predicted molar refractivity (Wildman–Crippen MR) is 84.8 cm³/mol. The first-order valence-electron chi connectivity index (χ1n) is 6.88. The maximum Gasteiger partial charge on any atom is 0.356 e. The van der Waals surface area contributed by atoms with Gasteiger partial charge in [0.25, 0.3) is 0 Å². The van der Waals surface area contributed by atoms with Gasteiger partial charge in [-0.05, 0) is 47.0 Å². The molecule has 3 rings (SSSR count). The summed E-state index contributed by atoms with van der Waals surface area (Å²) >= 11 is 3.63. The van der Waals surface area contributed by atoms with E-state index in [1.54, 1.807) is 17.8 Å². The van der Waals surface area contributed by atoms with Gasteiger partial charge < -0.3 is 10.0 Å². The van der Waals surface area contributed by atoms with Gasteiger partial charge in [-0.1, -0.05) is 6.07 Å². The summed E-state index contributed by atoms with van der Waals surface area (Å²) in [5, 5.41) is 13.0. The van der Waals surface area contributed by atoms with Gasteiger partial charge in [-0.15, -0.1) is 0 Å². The Bertz CT molecular complexity index is 690.